The molecule has 3 rings (SSSR count). The smallest absolute Gasteiger partial charge is 0.279 e. The number of amides is 1. The van der Waals surface area contributed by atoms with Crippen LogP contribution in [0, 0.1) is 0 Å². The summed E-state index contributed by atoms with van der Waals surface area (Å²) in [5, 5.41) is 3.04. The van der Waals surface area contributed by atoms with Crippen molar-refractivity contribution in [3.63, 3.8) is 0 Å². The lowest BCUT2D eigenvalue weighted by Crippen LogP contribution is -3.16. The van der Waals surface area contributed by atoms with Gasteiger partial charge in [-0.15, -0.1) is 0 Å². The summed E-state index contributed by atoms with van der Waals surface area (Å²) in [5.74, 6) is 0.0780. The maximum atomic E-state index is 12.4. The zero-order valence-corrected chi connectivity index (χ0v) is 16.4. The molecule has 1 aromatic rings. The highest BCUT2D eigenvalue weighted by Gasteiger charge is 2.27. The van der Waals surface area contributed by atoms with Crippen LogP contribution < -0.4 is 20.0 Å². The van der Waals surface area contributed by atoms with Crippen molar-refractivity contribution < 1.29 is 19.3 Å². The van der Waals surface area contributed by atoms with E-state index in [0.717, 1.165) is 31.9 Å². The van der Waals surface area contributed by atoms with Gasteiger partial charge >= 0.3 is 0 Å². The van der Waals surface area contributed by atoms with Gasteiger partial charge in [0.1, 0.15) is 25.3 Å². The van der Waals surface area contributed by atoms with Crippen LogP contribution in [0.2, 0.25) is 0 Å². The number of hydrogen-bond acceptors (Lipinski definition) is 3. The second kappa shape index (κ2) is 8.84. The number of likely N-dealkylation sites (N-methyl/N-ethyl adjacent to an activating group) is 1. The highest BCUT2D eigenvalue weighted by molar-refractivity contribution is 5.91. The standard InChI is InChI=1S/C20H32N4O2/c1-4-22-9-11-24(12-10-22)19-7-5-18(6-8-19)21-20(25)15-23-13-16(2)26-17(3)14-23/h5-8,16-17H,4,9-15H2,1-3H3,(H,21,25)/p+2/t16-,17-/m1/s1. The van der Waals surface area contributed by atoms with E-state index in [0.29, 0.717) is 6.54 Å². The Morgan fingerprint density at radius 1 is 1.12 bits per heavy atom. The summed E-state index contributed by atoms with van der Waals surface area (Å²) in [6.45, 7) is 14.5. The third-order valence-corrected chi connectivity index (χ3v) is 5.51. The molecule has 2 aliphatic rings. The first-order valence-electron chi connectivity index (χ1n) is 10.0. The number of carbonyl (C=O) groups is 1. The van der Waals surface area contributed by atoms with Crippen LogP contribution in [0.5, 0.6) is 0 Å². The van der Waals surface area contributed by atoms with Crippen LogP contribution in [0.4, 0.5) is 11.4 Å². The van der Waals surface area contributed by atoms with Crippen molar-refractivity contribution >= 4 is 17.3 Å². The minimum Gasteiger partial charge on any atom is -0.364 e. The van der Waals surface area contributed by atoms with Gasteiger partial charge in [-0.2, -0.15) is 0 Å². The lowest BCUT2D eigenvalue weighted by atomic mass is 10.2. The summed E-state index contributed by atoms with van der Waals surface area (Å²) >= 11 is 0. The van der Waals surface area contributed by atoms with Crippen molar-refractivity contribution in [2.45, 2.75) is 33.0 Å². The van der Waals surface area contributed by atoms with Gasteiger partial charge in [0.2, 0.25) is 0 Å². The number of carbonyl (C=O) groups excluding carboxylic acids is 1. The Bertz CT molecular complexity index is 574. The lowest BCUT2D eigenvalue weighted by Gasteiger charge is -2.33. The number of hydrogen-bond donors (Lipinski definition) is 3. The van der Waals surface area contributed by atoms with Crippen LogP contribution >= 0.6 is 0 Å². The molecule has 0 aromatic heterocycles. The molecule has 1 amide bonds. The second-order valence-electron chi connectivity index (χ2n) is 7.78. The minimum absolute atomic E-state index is 0.0780. The van der Waals surface area contributed by atoms with E-state index in [1.165, 1.54) is 30.2 Å². The zero-order valence-electron chi connectivity index (χ0n) is 16.4. The van der Waals surface area contributed by atoms with Crippen molar-refractivity contribution in [2.75, 3.05) is 62.6 Å². The maximum Gasteiger partial charge on any atom is 0.279 e. The molecular weight excluding hydrogens is 328 g/mol. The Balaban J connectivity index is 1.48. The number of quaternary nitrogens is 2. The molecule has 144 valence electrons. The van der Waals surface area contributed by atoms with Gasteiger partial charge in [0.15, 0.2) is 6.54 Å². The summed E-state index contributed by atoms with van der Waals surface area (Å²) in [6.07, 6.45) is 0.437. The second-order valence-corrected chi connectivity index (χ2v) is 7.78. The molecule has 2 aliphatic heterocycles. The Morgan fingerprint density at radius 3 is 2.31 bits per heavy atom. The van der Waals surface area contributed by atoms with E-state index >= 15 is 0 Å². The van der Waals surface area contributed by atoms with Gasteiger partial charge in [0.05, 0.1) is 32.7 Å². The predicted octanol–water partition coefficient (Wildman–Crippen LogP) is -0.958. The van der Waals surface area contributed by atoms with E-state index in [1.807, 2.05) is 12.1 Å². The molecule has 3 N–H and O–H groups in total. The fourth-order valence-electron chi connectivity index (χ4n) is 4.16. The van der Waals surface area contributed by atoms with Crippen molar-refractivity contribution in [1.29, 1.82) is 0 Å². The van der Waals surface area contributed by atoms with Crippen LogP contribution in [0.1, 0.15) is 20.8 Å². The Labute approximate surface area is 157 Å². The summed E-state index contributed by atoms with van der Waals surface area (Å²) in [4.78, 5) is 17.8. The molecule has 2 saturated heterocycles. The van der Waals surface area contributed by atoms with Crippen molar-refractivity contribution in [1.82, 2.24) is 0 Å². The quantitative estimate of drug-likeness (QED) is 0.633. The summed E-state index contributed by atoms with van der Waals surface area (Å²) in [5.41, 5.74) is 2.13. The fourth-order valence-corrected chi connectivity index (χ4v) is 4.16. The minimum atomic E-state index is 0.0780. The van der Waals surface area contributed by atoms with Crippen LogP contribution in [0.15, 0.2) is 24.3 Å². The van der Waals surface area contributed by atoms with Crippen LogP contribution in [0.25, 0.3) is 0 Å². The topological polar surface area (TPSA) is 50.5 Å². The van der Waals surface area contributed by atoms with Gasteiger partial charge in [-0.1, -0.05) is 0 Å². The molecule has 0 unspecified atom stereocenters. The number of anilines is 2. The Hall–Kier alpha value is -1.63. The van der Waals surface area contributed by atoms with Crippen molar-refractivity contribution in [2.24, 2.45) is 0 Å². The average Bonchev–Trinajstić information content (AvgIpc) is 2.61. The maximum absolute atomic E-state index is 12.4. The van der Waals surface area contributed by atoms with Gasteiger partial charge < -0.3 is 24.8 Å². The van der Waals surface area contributed by atoms with E-state index in [2.05, 4.69) is 43.1 Å². The van der Waals surface area contributed by atoms with Gasteiger partial charge in [-0.05, 0) is 45.0 Å². The number of nitrogens with one attached hydrogen (secondary N) is 3. The summed E-state index contributed by atoms with van der Waals surface area (Å²) in [7, 11) is 0. The number of morpholine rings is 1. The highest BCUT2D eigenvalue weighted by Crippen LogP contribution is 2.17. The molecule has 0 radical (unpaired) electrons. The molecule has 6 heteroatoms. The molecule has 26 heavy (non-hydrogen) atoms. The van der Waals surface area contributed by atoms with Gasteiger partial charge in [-0.3, -0.25) is 4.79 Å². The predicted molar refractivity (Wildman–Crippen MR) is 104 cm³/mol. The molecule has 0 bridgehead atoms. The van der Waals surface area contributed by atoms with Crippen molar-refractivity contribution in [3.05, 3.63) is 24.3 Å². The summed E-state index contributed by atoms with van der Waals surface area (Å²) in [6, 6.07) is 8.29. The third kappa shape index (κ3) is 5.19. The molecule has 2 heterocycles. The molecule has 2 atom stereocenters. The van der Waals surface area contributed by atoms with Crippen LogP contribution in [-0.2, 0) is 9.53 Å². The molecule has 0 spiro atoms. The fraction of sp³-hybridized carbons (Fsp3) is 0.650. The molecule has 2 fully saturated rings. The zero-order chi connectivity index (χ0) is 18.5. The van der Waals surface area contributed by atoms with E-state index < -0.39 is 0 Å². The van der Waals surface area contributed by atoms with E-state index in [4.69, 9.17) is 4.74 Å². The van der Waals surface area contributed by atoms with Crippen molar-refractivity contribution in [3.8, 4) is 0 Å². The third-order valence-electron chi connectivity index (χ3n) is 5.51. The number of nitrogens with zero attached hydrogens (tertiary/aromatic N) is 1. The van der Waals surface area contributed by atoms with Crippen LogP contribution in [0.3, 0.4) is 0 Å². The Morgan fingerprint density at radius 2 is 1.73 bits per heavy atom. The van der Waals surface area contributed by atoms with Gasteiger partial charge in [0, 0.05) is 11.4 Å². The first kappa shape index (κ1) is 19.1. The normalized spacial score (nSPS) is 27.3. The number of rotatable bonds is 5. The summed E-state index contributed by atoms with van der Waals surface area (Å²) < 4.78 is 5.74. The van der Waals surface area contributed by atoms with E-state index in [1.54, 1.807) is 4.90 Å². The molecular formula is C20H34N4O2+2. The SMILES string of the molecule is CC[NH+]1CCN(c2ccc(NC(=O)C[NH+]3C[C@@H](C)O[C@H](C)C3)cc2)CC1. The van der Waals surface area contributed by atoms with Gasteiger partial charge in [0.25, 0.3) is 5.91 Å². The number of benzene rings is 1. The highest BCUT2D eigenvalue weighted by atomic mass is 16.5. The molecule has 1 aromatic carbocycles. The lowest BCUT2D eigenvalue weighted by molar-refractivity contribution is -0.907. The monoisotopic (exact) mass is 362 g/mol. The average molecular weight is 363 g/mol. The van der Waals surface area contributed by atoms with E-state index in [-0.39, 0.29) is 18.1 Å². The first-order chi connectivity index (χ1) is 12.5. The van der Waals surface area contributed by atoms with Gasteiger partial charge in [-0.25, -0.2) is 0 Å². The largest absolute Gasteiger partial charge is 0.364 e. The Kier molecular flexibility index (Phi) is 6.51. The molecule has 6 nitrogen and oxygen atoms in total. The first-order valence-corrected chi connectivity index (χ1v) is 10.0. The molecule has 0 saturated carbocycles. The van der Waals surface area contributed by atoms with Crippen LogP contribution in [-0.4, -0.2) is 70.5 Å². The van der Waals surface area contributed by atoms with E-state index in [9.17, 15) is 4.79 Å². The molecule has 0 aliphatic carbocycles. The number of piperazine rings is 1. The number of ether oxygens (including phenoxy) is 1.